The summed E-state index contributed by atoms with van der Waals surface area (Å²) in [6, 6.07) is -0.650. The molecule has 0 aromatic carbocycles. The SMILES string of the molecule is CCCCC/C=C\CCCCCCCC(=O)OCCCCCCCC/C=C\CCCCCC(=O)NC(CO)C(O)/C=C/CCCCCCCCCCCCCCCCCCCCCCCC. The van der Waals surface area contributed by atoms with Gasteiger partial charge in [0.25, 0.3) is 0 Å². The Morgan fingerprint density at radius 1 is 0.409 bits per heavy atom. The molecule has 0 aliphatic heterocycles. The quantitative estimate of drug-likeness (QED) is 0.0321. The average Bonchev–Trinajstić information content (AvgIpc) is 3.32. The molecule has 6 nitrogen and oxygen atoms in total. The molecule has 2 unspecified atom stereocenters. The van der Waals surface area contributed by atoms with E-state index in [0.29, 0.717) is 19.4 Å². The molecule has 0 fully saturated rings. The fourth-order valence-electron chi connectivity index (χ4n) is 8.86. The fraction of sp³-hybridized carbons (Fsp3) is 0.867. The zero-order valence-electron chi connectivity index (χ0n) is 44.2. The summed E-state index contributed by atoms with van der Waals surface area (Å²) in [6.45, 7) is 4.84. The number of allylic oxidation sites excluding steroid dienone is 5. The van der Waals surface area contributed by atoms with Crippen molar-refractivity contribution in [3.63, 3.8) is 0 Å². The van der Waals surface area contributed by atoms with E-state index in [2.05, 4.69) is 43.5 Å². The van der Waals surface area contributed by atoms with Gasteiger partial charge in [0.15, 0.2) is 0 Å². The van der Waals surface area contributed by atoms with E-state index in [0.717, 1.165) is 70.6 Å². The van der Waals surface area contributed by atoms with Crippen molar-refractivity contribution in [3.05, 3.63) is 36.5 Å². The van der Waals surface area contributed by atoms with Crippen molar-refractivity contribution in [1.82, 2.24) is 5.32 Å². The van der Waals surface area contributed by atoms with Crippen LogP contribution in [0.5, 0.6) is 0 Å². The van der Waals surface area contributed by atoms with Crippen LogP contribution in [-0.4, -0.2) is 47.4 Å². The normalized spacial score (nSPS) is 12.8. The van der Waals surface area contributed by atoms with Crippen molar-refractivity contribution in [2.75, 3.05) is 13.2 Å². The molecule has 0 heterocycles. The van der Waals surface area contributed by atoms with Crippen LogP contribution in [0.1, 0.15) is 309 Å². The Hall–Kier alpha value is -1.92. The summed E-state index contributed by atoms with van der Waals surface area (Å²) in [5, 5.41) is 23.2. The van der Waals surface area contributed by atoms with Gasteiger partial charge in [-0.1, -0.05) is 249 Å². The first-order valence-electron chi connectivity index (χ1n) is 29.3. The lowest BCUT2D eigenvalue weighted by Gasteiger charge is -2.19. The van der Waals surface area contributed by atoms with Crippen LogP contribution in [0, 0.1) is 0 Å². The molecule has 0 radical (unpaired) electrons. The molecule has 6 heteroatoms. The maximum Gasteiger partial charge on any atom is 0.305 e. The van der Waals surface area contributed by atoms with E-state index in [-0.39, 0.29) is 18.5 Å². The lowest BCUT2D eigenvalue weighted by atomic mass is 10.0. The van der Waals surface area contributed by atoms with Crippen LogP contribution in [0.25, 0.3) is 0 Å². The third-order valence-corrected chi connectivity index (χ3v) is 13.4. The Bertz CT molecular complexity index is 1070. The molecule has 66 heavy (non-hydrogen) atoms. The molecule has 1 amide bonds. The van der Waals surface area contributed by atoms with Crippen molar-refractivity contribution in [1.29, 1.82) is 0 Å². The van der Waals surface area contributed by atoms with Crippen molar-refractivity contribution in [2.45, 2.75) is 321 Å². The topological polar surface area (TPSA) is 95.9 Å². The third-order valence-electron chi connectivity index (χ3n) is 13.4. The molecule has 0 rings (SSSR count). The number of aliphatic hydroxyl groups excluding tert-OH is 2. The van der Waals surface area contributed by atoms with Crippen LogP contribution in [-0.2, 0) is 14.3 Å². The summed E-state index contributed by atoms with van der Waals surface area (Å²) in [5.74, 6) is -0.120. The molecular formula is C60H113NO5. The zero-order valence-corrected chi connectivity index (χ0v) is 44.2. The molecule has 0 saturated carbocycles. The van der Waals surface area contributed by atoms with Gasteiger partial charge >= 0.3 is 5.97 Å². The summed E-state index contributed by atoms with van der Waals surface area (Å²) in [5.41, 5.74) is 0. The first kappa shape index (κ1) is 64.1. The summed E-state index contributed by atoms with van der Waals surface area (Å²) in [6.07, 6.45) is 68.8. The van der Waals surface area contributed by atoms with Gasteiger partial charge in [0.05, 0.1) is 25.4 Å². The number of nitrogens with one attached hydrogen (secondary N) is 1. The maximum absolute atomic E-state index is 12.5. The van der Waals surface area contributed by atoms with Crippen LogP contribution >= 0.6 is 0 Å². The zero-order chi connectivity index (χ0) is 47.9. The molecule has 0 aliphatic rings. The van der Waals surface area contributed by atoms with E-state index < -0.39 is 12.1 Å². The summed E-state index contributed by atoms with van der Waals surface area (Å²) < 4.78 is 5.44. The fourth-order valence-corrected chi connectivity index (χ4v) is 8.86. The highest BCUT2D eigenvalue weighted by molar-refractivity contribution is 5.76. The number of rotatable bonds is 54. The van der Waals surface area contributed by atoms with Gasteiger partial charge in [-0.15, -0.1) is 0 Å². The van der Waals surface area contributed by atoms with Crippen LogP contribution in [0.4, 0.5) is 0 Å². The predicted molar refractivity (Wildman–Crippen MR) is 287 cm³/mol. The van der Waals surface area contributed by atoms with Crippen molar-refractivity contribution in [3.8, 4) is 0 Å². The highest BCUT2D eigenvalue weighted by Gasteiger charge is 2.18. The number of carbonyl (C=O) groups is 2. The van der Waals surface area contributed by atoms with E-state index in [4.69, 9.17) is 4.74 Å². The predicted octanol–water partition coefficient (Wildman–Crippen LogP) is 18.0. The Balaban J connectivity index is 3.53. The van der Waals surface area contributed by atoms with E-state index >= 15 is 0 Å². The molecule has 0 aromatic rings. The smallest absolute Gasteiger partial charge is 0.305 e. The summed E-state index contributed by atoms with van der Waals surface area (Å²) in [7, 11) is 0. The Labute approximate surface area is 411 Å². The minimum Gasteiger partial charge on any atom is -0.466 e. The number of unbranched alkanes of at least 4 members (excludes halogenated alkanes) is 39. The van der Waals surface area contributed by atoms with Crippen LogP contribution in [0.15, 0.2) is 36.5 Å². The number of ether oxygens (including phenoxy) is 1. The van der Waals surface area contributed by atoms with E-state index in [1.807, 2.05) is 6.08 Å². The van der Waals surface area contributed by atoms with Gasteiger partial charge in [-0.25, -0.2) is 0 Å². The second-order valence-corrected chi connectivity index (χ2v) is 20.0. The van der Waals surface area contributed by atoms with Gasteiger partial charge in [0, 0.05) is 12.8 Å². The van der Waals surface area contributed by atoms with E-state index in [9.17, 15) is 19.8 Å². The highest BCUT2D eigenvalue weighted by Crippen LogP contribution is 2.17. The second kappa shape index (κ2) is 55.7. The number of amides is 1. The number of esters is 1. The summed E-state index contributed by atoms with van der Waals surface area (Å²) >= 11 is 0. The number of hydrogen-bond acceptors (Lipinski definition) is 5. The third kappa shape index (κ3) is 51.5. The first-order chi connectivity index (χ1) is 32.5. The van der Waals surface area contributed by atoms with Gasteiger partial charge in [-0.2, -0.15) is 0 Å². The van der Waals surface area contributed by atoms with Gasteiger partial charge in [-0.05, 0) is 83.5 Å². The van der Waals surface area contributed by atoms with E-state index in [1.54, 1.807) is 6.08 Å². The molecule has 0 saturated heterocycles. The van der Waals surface area contributed by atoms with Crippen LogP contribution in [0.2, 0.25) is 0 Å². The molecule has 2 atom stereocenters. The minimum absolute atomic E-state index is 0.0239. The maximum atomic E-state index is 12.5. The number of aliphatic hydroxyl groups is 2. The van der Waals surface area contributed by atoms with Crippen molar-refractivity contribution >= 4 is 11.9 Å². The van der Waals surface area contributed by atoms with Crippen LogP contribution < -0.4 is 5.32 Å². The minimum atomic E-state index is -0.863. The second-order valence-electron chi connectivity index (χ2n) is 20.0. The highest BCUT2D eigenvalue weighted by atomic mass is 16.5. The Morgan fingerprint density at radius 2 is 0.712 bits per heavy atom. The summed E-state index contributed by atoms with van der Waals surface area (Å²) in [4.78, 5) is 24.5. The van der Waals surface area contributed by atoms with E-state index in [1.165, 1.54) is 212 Å². The van der Waals surface area contributed by atoms with Crippen molar-refractivity contribution < 1.29 is 24.5 Å². The Kier molecular flexibility index (Phi) is 54.1. The van der Waals surface area contributed by atoms with Crippen molar-refractivity contribution in [2.24, 2.45) is 0 Å². The van der Waals surface area contributed by atoms with Gasteiger partial charge < -0.3 is 20.3 Å². The molecule has 0 aromatic heterocycles. The molecule has 0 spiro atoms. The first-order valence-corrected chi connectivity index (χ1v) is 29.3. The molecule has 0 bridgehead atoms. The number of carbonyl (C=O) groups excluding carboxylic acids is 2. The molecule has 388 valence electrons. The van der Waals surface area contributed by atoms with Gasteiger partial charge in [0.1, 0.15) is 0 Å². The Morgan fingerprint density at radius 3 is 1.12 bits per heavy atom. The van der Waals surface area contributed by atoms with Gasteiger partial charge in [-0.3, -0.25) is 9.59 Å². The monoisotopic (exact) mass is 928 g/mol. The average molecular weight is 929 g/mol. The molecule has 0 aliphatic carbocycles. The largest absolute Gasteiger partial charge is 0.466 e. The standard InChI is InChI=1S/C60H113NO5/c1-3-5-7-9-11-13-15-17-18-19-20-21-22-23-24-25-26-27-29-32-36-40-44-48-52-58(63)57(56-62)61-59(64)53-49-45-41-37-33-30-28-31-35-39-43-47-51-55-66-60(65)54-50-46-42-38-34-16-14-12-10-8-6-4-2/h12,14,30,33,48,52,57-58,62-63H,3-11,13,15-29,31-32,34-47,49-51,53-56H2,1-2H3,(H,61,64)/b14-12-,33-30-,52-48+. The lowest BCUT2D eigenvalue weighted by Crippen LogP contribution is -2.45. The lowest BCUT2D eigenvalue weighted by molar-refractivity contribution is -0.143. The van der Waals surface area contributed by atoms with Gasteiger partial charge in [0.2, 0.25) is 5.91 Å². The number of hydrogen-bond donors (Lipinski definition) is 3. The van der Waals surface area contributed by atoms with Crippen LogP contribution in [0.3, 0.4) is 0 Å². The molecular weight excluding hydrogens is 815 g/mol. The molecule has 3 N–H and O–H groups in total.